The quantitative estimate of drug-likeness (QED) is 0.840. The van der Waals surface area contributed by atoms with E-state index < -0.39 is 0 Å². The molecule has 2 aromatic rings. The first kappa shape index (κ1) is 17.6. The summed E-state index contributed by atoms with van der Waals surface area (Å²) < 4.78 is 0. The Balaban J connectivity index is 1.61. The molecular formula is C21H27N3O. The summed E-state index contributed by atoms with van der Waals surface area (Å²) in [6, 6.07) is 14.1. The number of benzene rings is 1. The van der Waals surface area contributed by atoms with Crippen molar-refractivity contribution in [1.82, 2.24) is 14.8 Å². The van der Waals surface area contributed by atoms with Crippen molar-refractivity contribution >= 4 is 5.91 Å². The molecule has 1 atom stereocenters. The summed E-state index contributed by atoms with van der Waals surface area (Å²) in [5, 5.41) is 0. The lowest BCUT2D eigenvalue weighted by Crippen LogP contribution is -2.40. The highest BCUT2D eigenvalue weighted by Gasteiger charge is 2.24. The lowest BCUT2D eigenvalue weighted by atomic mass is 9.92. The Kier molecular flexibility index (Phi) is 5.82. The zero-order chi connectivity index (χ0) is 17.6. The molecule has 2 heterocycles. The van der Waals surface area contributed by atoms with Crippen molar-refractivity contribution in [2.75, 3.05) is 27.2 Å². The van der Waals surface area contributed by atoms with Crippen LogP contribution in [-0.2, 0) is 13.0 Å². The van der Waals surface area contributed by atoms with Gasteiger partial charge in [0.15, 0.2) is 0 Å². The van der Waals surface area contributed by atoms with Gasteiger partial charge < -0.3 is 9.80 Å². The van der Waals surface area contributed by atoms with Crippen molar-refractivity contribution in [3.63, 3.8) is 0 Å². The van der Waals surface area contributed by atoms with Gasteiger partial charge in [0.05, 0.1) is 0 Å². The Morgan fingerprint density at radius 2 is 2.00 bits per heavy atom. The maximum absolute atomic E-state index is 12.8. The van der Waals surface area contributed by atoms with Crippen LogP contribution in [0.25, 0.3) is 0 Å². The molecule has 1 aliphatic rings. The first-order chi connectivity index (χ1) is 12.1. The van der Waals surface area contributed by atoms with Gasteiger partial charge in [-0.05, 0) is 69.1 Å². The van der Waals surface area contributed by atoms with E-state index >= 15 is 0 Å². The Hall–Kier alpha value is -2.20. The van der Waals surface area contributed by atoms with E-state index in [0.717, 1.165) is 43.7 Å². The monoisotopic (exact) mass is 337 g/mol. The van der Waals surface area contributed by atoms with E-state index in [0.29, 0.717) is 5.92 Å². The van der Waals surface area contributed by atoms with Crippen LogP contribution >= 0.6 is 0 Å². The number of carbonyl (C=O) groups is 1. The molecule has 1 aliphatic heterocycles. The molecule has 3 rings (SSSR count). The number of pyridine rings is 1. The third kappa shape index (κ3) is 4.89. The molecule has 0 aliphatic carbocycles. The van der Waals surface area contributed by atoms with Crippen molar-refractivity contribution in [3.05, 3.63) is 65.5 Å². The minimum absolute atomic E-state index is 0.155. The summed E-state index contributed by atoms with van der Waals surface area (Å²) >= 11 is 0. The Bertz CT molecular complexity index is 682. The van der Waals surface area contributed by atoms with Gasteiger partial charge in [0.2, 0.25) is 0 Å². The minimum atomic E-state index is 0.155. The van der Waals surface area contributed by atoms with Gasteiger partial charge in [0.1, 0.15) is 0 Å². The molecule has 1 fully saturated rings. The number of hydrogen-bond acceptors (Lipinski definition) is 3. The van der Waals surface area contributed by atoms with Crippen LogP contribution in [-0.4, -0.2) is 47.9 Å². The second-order valence-corrected chi connectivity index (χ2v) is 7.22. The molecule has 0 N–H and O–H groups in total. The van der Waals surface area contributed by atoms with Gasteiger partial charge in [0, 0.05) is 37.1 Å². The standard InChI is InChI=1S/C21H27N3O/c1-23(2)15-17-8-10-19(11-9-17)21(25)24-13-5-6-18(16-24)14-20-7-3-4-12-22-20/h3-4,7-12,18H,5-6,13-16H2,1-2H3. The lowest BCUT2D eigenvalue weighted by molar-refractivity contribution is 0.0673. The molecule has 1 aromatic heterocycles. The molecule has 1 aromatic carbocycles. The molecule has 1 amide bonds. The van der Waals surface area contributed by atoms with E-state index in [2.05, 4.69) is 42.2 Å². The molecule has 25 heavy (non-hydrogen) atoms. The number of carbonyl (C=O) groups excluding carboxylic acids is 1. The van der Waals surface area contributed by atoms with Crippen LogP contribution < -0.4 is 0 Å². The van der Waals surface area contributed by atoms with Crippen molar-refractivity contribution in [2.24, 2.45) is 5.92 Å². The molecule has 0 spiro atoms. The summed E-state index contributed by atoms with van der Waals surface area (Å²) in [6.45, 7) is 2.58. The maximum atomic E-state index is 12.8. The molecule has 0 bridgehead atoms. The fourth-order valence-corrected chi connectivity index (χ4v) is 3.53. The Labute approximate surface area is 150 Å². The third-order valence-electron chi connectivity index (χ3n) is 4.73. The molecule has 1 saturated heterocycles. The van der Waals surface area contributed by atoms with Gasteiger partial charge in [-0.15, -0.1) is 0 Å². The summed E-state index contributed by atoms with van der Waals surface area (Å²) in [4.78, 5) is 21.4. The number of likely N-dealkylation sites (tertiary alicyclic amines) is 1. The first-order valence-electron chi connectivity index (χ1n) is 9.04. The first-order valence-corrected chi connectivity index (χ1v) is 9.04. The van der Waals surface area contributed by atoms with E-state index in [9.17, 15) is 4.79 Å². The smallest absolute Gasteiger partial charge is 0.253 e. The second kappa shape index (κ2) is 8.26. The average molecular weight is 337 g/mol. The molecule has 4 heteroatoms. The molecular weight excluding hydrogens is 310 g/mol. The Morgan fingerprint density at radius 3 is 2.68 bits per heavy atom. The van der Waals surface area contributed by atoms with E-state index in [-0.39, 0.29) is 5.91 Å². The SMILES string of the molecule is CN(C)Cc1ccc(C(=O)N2CCCC(Cc3ccccn3)C2)cc1. The van der Waals surface area contributed by atoms with Crippen LogP contribution in [0.3, 0.4) is 0 Å². The van der Waals surface area contributed by atoms with Gasteiger partial charge in [-0.25, -0.2) is 0 Å². The van der Waals surface area contributed by atoms with E-state index in [4.69, 9.17) is 0 Å². The average Bonchev–Trinajstić information content (AvgIpc) is 2.62. The highest BCUT2D eigenvalue weighted by atomic mass is 16.2. The van der Waals surface area contributed by atoms with Crippen LogP contribution in [0.4, 0.5) is 0 Å². The zero-order valence-electron chi connectivity index (χ0n) is 15.2. The van der Waals surface area contributed by atoms with E-state index in [1.807, 2.05) is 35.4 Å². The number of aromatic nitrogens is 1. The lowest BCUT2D eigenvalue weighted by Gasteiger charge is -2.32. The van der Waals surface area contributed by atoms with Gasteiger partial charge >= 0.3 is 0 Å². The fraction of sp³-hybridized carbons (Fsp3) is 0.429. The number of hydrogen-bond donors (Lipinski definition) is 0. The molecule has 1 unspecified atom stereocenters. The summed E-state index contributed by atoms with van der Waals surface area (Å²) in [5.74, 6) is 0.655. The van der Waals surface area contributed by atoms with E-state index in [1.165, 1.54) is 12.0 Å². The molecule has 0 radical (unpaired) electrons. The molecule has 132 valence electrons. The summed E-state index contributed by atoms with van der Waals surface area (Å²) in [6.07, 6.45) is 5.03. The second-order valence-electron chi connectivity index (χ2n) is 7.22. The van der Waals surface area contributed by atoms with Gasteiger partial charge in [-0.1, -0.05) is 18.2 Å². The predicted octanol–water partition coefficient (Wildman–Crippen LogP) is 3.24. The number of amides is 1. The largest absolute Gasteiger partial charge is 0.338 e. The van der Waals surface area contributed by atoms with Crippen LogP contribution in [0.5, 0.6) is 0 Å². The number of piperidine rings is 1. The number of nitrogens with zero attached hydrogens (tertiary/aromatic N) is 3. The molecule has 0 saturated carbocycles. The highest BCUT2D eigenvalue weighted by Crippen LogP contribution is 2.22. The normalized spacial score (nSPS) is 17.7. The highest BCUT2D eigenvalue weighted by molar-refractivity contribution is 5.94. The van der Waals surface area contributed by atoms with Crippen molar-refractivity contribution < 1.29 is 4.79 Å². The Morgan fingerprint density at radius 1 is 1.20 bits per heavy atom. The van der Waals surface area contributed by atoms with Crippen LogP contribution in [0.2, 0.25) is 0 Å². The van der Waals surface area contributed by atoms with Crippen LogP contribution in [0.15, 0.2) is 48.7 Å². The summed E-state index contributed by atoms with van der Waals surface area (Å²) in [7, 11) is 4.10. The zero-order valence-corrected chi connectivity index (χ0v) is 15.2. The van der Waals surface area contributed by atoms with Crippen molar-refractivity contribution in [3.8, 4) is 0 Å². The van der Waals surface area contributed by atoms with Crippen molar-refractivity contribution in [2.45, 2.75) is 25.8 Å². The maximum Gasteiger partial charge on any atom is 0.253 e. The van der Waals surface area contributed by atoms with E-state index in [1.54, 1.807) is 0 Å². The predicted molar refractivity (Wildman–Crippen MR) is 100 cm³/mol. The summed E-state index contributed by atoms with van der Waals surface area (Å²) in [5.41, 5.74) is 3.14. The van der Waals surface area contributed by atoms with Crippen molar-refractivity contribution in [1.29, 1.82) is 0 Å². The van der Waals surface area contributed by atoms with Crippen LogP contribution in [0, 0.1) is 5.92 Å². The fourth-order valence-electron chi connectivity index (χ4n) is 3.53. The van der Waals surface area contributed by atoms with Gasteiger partial charge in [-0.3, -0.25) is 9.78 Å². The molecule has 4 nitrogen and oxygen atoms in total. The van der Waals surface area contributed by atoms with Gasteiger partial charge in [-0.2, -0.15) is 0 Å². The van der Waals surface area contributed by atoms with Gasteiger partial charge in [0.25, 0.3) is 5.91 Å². The topological polar surface area (TPSA) is 36.4 Å². The third-order valence-corrected chi connectivity index (χ3v) is 4.73. The number of rotatable bonds is 5. The van der Waals surface area contributed by atoms with Crippen LogP contribution in [0.1, 0.15) is 34.5 Å². The minimum Gasteiger partial charge on any atom is -0.338 e.